The van der Waals surface area contributed by atoms with E-state index < -0.39 is 17.1 Å². The number of benzene rings is 3. The van der Waals surface area contributed by atoms with E-state index in [-0.39, 0.29) is 29.0 Å². The molecular weight excluding hydrogens is 587 g/mol. The molecule has 1 aromatic heterocycles. The monoisotopic (exact) mass is 617 g/mol. The van der Waals surface area contributed by atoms with Crippen molar-refractivity contribution >= 4 is 63.2 Å². The lowest BCUT2D eigenvalue weighted by atomic mass is 10.1. The van der Waals surface area contributed by atoms with Gasteiger partial charge in [-0.3, -0.25) is 14.4 Å². The number of thioether (sulfide) groups is 1. The van der Waals surface area contributed by atoms with Crippen molar-refractivity contribution in [1.82, 2.24) is 0 Å². The predicted molar refractivity (Wildman–Crippen MR) is 171 cm³/mol. The summed E-state index contributed by atoms with van der Waals surface area (Å²) in [6, 6.07) is 22.9. The maximum absolute atomic E-state index is 13.3. The van der Waals surface area contributed by atoms with Gasteiger partial charge in [0.15, 0.2) is 0 Å². The molecule has 0 aliphatic carbocycles. The number of thiophene rings is 1. The van der Waals surface area contributed by atoms with E-state index in [0.29, 0.717) is 33.1 Å². The number of hydrogen-bond acceptors (Lipinski definition) is 8. The van der Waals surface area contributed by atoms with Crippen LogP contribution in [0.2, 0.25) is 0 Å². The van der Waals surface area contributed by atoms with Crippen LogP contribution in [0, 0.1) is 6.92 Å². The first-order chi connectivity index (χ1) is 20.7. The van der Waals surface area contributed by atoms with E-state index in [0.717, 1.165) is 16.2 Å². The molecule has 0 saturated carbocycles. The molecule has 0 radical (unpaired) electrons. The Bertz CT molecular complexity index is 1640. The Balaban J connectivity index is 1.47. The van der Waals surface area contributed by atoms with Gasteiger partial charge in [0, 0.05) is 21.8 Å². The van der Waals surface area contributed by atoms with Gasteiger partial charge in [-0.2, -0.15) is 0 Å². The second-order valence-corrected chi connectivity index (χ2v) is 11.7. The number of nitrogens with one attached hydrogen (secondary N) is 3. The van der Waals surface area contributed by atoms with Crippen molar-refractivity contribution in [2.45, 2.75) is 30.9 Å². The Kier molecular flexibility index (Phi) is 10.6. The molecule has 0 bridgehead atoms. The number of amides is 3. The summed E-state index contributed by atoms with van der Waals surface area (Å²) in [5.41, 5.74) is 2.20. The van der Waals surface area contributed by atoms with E-state index in [1.807, 2.05) is 12.1 Å². The fraction of sp³-hybridized carbons (Fsp3) is 0.188. The van der Waals surface area contributed by atoms with Crippen LogP contribution in [0.15, 0.2) is 83.8 Å². The van der Waals surface area contributed by atoms with E-state index in [1.165, 1.54) is 18.9 Å². The highest BCUT2D eigenvalue weighted by Crippen LogP contribution is 2.35. The molecule has 9 nitrogen and oxygen atoms in total. The summed E-state index contributed by atoms with van der Waals surface area (Å²) in [5, 5.41) is 8.17. The van der Waals surface area contributed by atoms with Crippen molar-refractivity contribution in [3.8, 4) is 5.75 Å². The minimum Gasteiger partial charge on any atom is -0.497 e. The fourth-order valence-corrected chi connectivity index (χ4v) is 6.08. The molecule has 1 unspecified atom stereocenters. The zero-order chi connectivity index (χ0) is 30.9. The summed E-state index contributed by atoms with van der Waals surface area (Å²) in [5.74, 6) is -1.09. The fourth-order valence-electron chi connectivity index (χ4n) is 4.06. The first kappa shape index (κ1) is 31.3. The highest BCUT2D eigenvalue weighted by atomic mass is 32.2. The van der Waals surface area contributed by atoms with E-state index in [2.05, 4.69) is 16.0 Å². The molecule has 222 valence electrons. The Morgan fingerprint density at radius 2 is 1.56 bits per heavy atom. The van der Waals surface area contributed by atoms with Crippen LogP contribution in [0.25, 0.3) is 0 Å². The van der Waals surface area contributed by atoms with Crippen LogP contribution < -0.4 is 20.7 Å². The molecule has 3 amide bonds. The lowest BCUT2D eigenvalue weighted by Gasteiger charge is -2.13. The van der Waals surface area contributed by atoms with Gasteiger partial charge in [-0.05, 0) is 74.9 Å². The second-order valence-electron chi connectivity index (χ2n) is 9.26. The number of ether oxygens (including phenoxy) is 2. The zero-order valence-electron chi connectivity index (χ0n) is 24.1. The third kappa shape index (κ3) is 8.02. The molecule has 4 rings (SSSR count). The maximum Gasteiger partial charge on any atom is 0.341 e. The van der Waals surface area contributed by atoms with E-state index in [4.69, 9.17) is 9.47 Å². The number of carbonyl (C=O) groups is 4. The van der Waals surface area contributed by atoms with Gasteiger partial charge in [-0.15, -0.1) is 23.1 Å². The number of rotatable bonds is 11. The summed E-state index contributed by atoms with van der Waals surface area (Å²) < 4.78 is 10.4. The van der Waals surface area contributed by atoms with Crippen LogP contribution in [0.1, 0.15) is 49.8 Å². The highest BCUT2D eigenvalue weighted by Gasteiger charge is 2.28. The van der Waals surface area contributed by atoms with Crippen LogP contribution in [-0.2, 0) is 9.53 Å². The molecule has 43 heavy (non-hydrogen) atoms. The first-order valence-electron chi connectivity index (χ1n) is 13.4. The molecule has 0 aliphatic heterocycles. The standard InChI is InChI=1S/C32H31N3O6S2/c1-5-41-32(39)26-19(2)27(30(38)33-22-12-7-6-8-13-22)43-31(26)35-28(36)20(3)42-25-16-10-14-23(18-25)34-29(37)21-11-9-15-24(17-21)40-4/h6-18,20H,5H2,1-4H3,(H,33,38)(H,34,37)(H,35,36). The Labute approximate surface area is 258 Å². The van der Waals surface area contributed by atoms with Crippen molar-refractivity contribution in [2.24, 2.45) is 0 Å². The zero-order valence-corrected chi connectivity index (χ0v) is 25.7. The summed E-state index contributed by atoms with van der Waals surface area (Å²) >= 11 is 2.30. The van der Waals surface area contributed by atoms with Gasteiger partial charge in [-0.25, -0.2) is 4.79 Å². The summed E-state index contributed by atoms with van der Waals surface area (Å²) in [6.07, 6.45) is 0. The average Bonchev–Trinajstić information content (AvgIpc) is 3.33. The number of esters is 1. The van der Waals surface area contributed by atoms with Crippen molar-refractivity contribution in [2.75, 3.05) is 29.7 Å². The molecule has 0 fully saturated rings. The first-order valence-corrected chi connectivity index (χ1v) is 15.1. The van der Waals surface area contributed by atoms with Gasteiger partial charge in [0.25, 0.3) is 11.8 Å². The number of methoxy groups -OCH3 is 1. The topological polar surface area (TPSA) is 123 Å². The molecular formula is C32H31N3O6S2. The molecule has 3 aromatic carbocycles. The molecule has 0 spiro atoms. The quantitative estimate of drug-likeness (QED) is 0.124. The van der Waals surface area contributed by atoms with Crippen molar-refractivity contribution in [1.29, 1.82) is 0 Å². The second kappa shape index (κ2) is 14.5. The van der Waals surface area contributed by atoms with E-state index in [9.17, 15) is 19.2 Å². The van der Waals surface area contributed by atoms with Crippen LogP contribution in [0.3, 0.4) is 0 Å². The van der Waals surface area contributed by atoms with Gasteiger partial charge < -0.3 is 25.4 Å². The molecule has 3 N–H and O–H groups in total. The van der Waals surface area contributed by atoms with Gasteiger partial charge in [0.2, 0.25) is 5.91 Å². The Morgan fingerprint density at radius 3 is 2.28 bits per heavy atom. The van der Waals surface area contributed by atoms with Crippen molar-refractivity contribution in [3.63, 3.8) is 0 Å². The van der Waals surface area contributed by atoms with Crippen molar-refractivity contribution < 1.29 is 28.7 Å². The lowest BCUT2D eigenvalue weighted by Crippen LogP contribution is -2.23. The van der Waals surface area contributed by atoms with E-state index in [1.54, 1.807) is 87.5 Å². The van der Waals surface area contributed by atoms with Gasteiger partial charge in [0.1, 0.15) is 10.8 Å². The van der Waals surface area contributed by atoms with Gasteiger partial charge in [-0.1, -0.05) is 30.3 Å². The number of carbonyl (C=O) groups excluding carboxylic acids is 4. The van der Waals surface area contributed by atoms with E-state index >= 15 is 0 Å². The summed E-state index contributed by atoms with van der Waals surface area (Å²) in [7, 11) is 1.54. The lowest BCUT2D eigenvalue weighted by molar-refractivity contribution is -0.115. The predicted octanol–water partition coefficient (Wildman–Crippen LogP) is 6.87. The Morgan fingerprint density at radius 1 is 0.860 bits per heavy atom. The largest absolute Gasteiger partial charge is 0.497 e. The third-order valence-electron chi connectivity index (χ3n) is 6.21. The number of para-hydroxylation sites is 1. The van der Waals surface area contributed by atoms with Crippen molar-refractivity contribution in [3.05, 3.63) is 100 Å². The average molecular weight is 618 g/mol. The SMILES string of the molecule is CCOC(=O)c1c(NC(=O)C(C)Sc2cccc(NC(=O)c3cccc(OC)c3)c2)sc(C(=O)Nc2ccccc2)c1C. The summed E-state index contributed by atoms with van der Waals surface area (Å²) in [4.78, 5) is 53.0. The molecule has 0 aliphatic rings. The minimum atomic E-state index is -0.620. The number of hydrogen-bond donors (Lipinski definition) is 3. The molecule has 11 heteroatoms. The Hall–Kier alpha value is -4.61. The van der Waals surface area contributed by atoms with Crippen LogP contribution in [-0.4, -0.2) is 42.7 Å². The smallest absolute Gasteiger partial charge is 0.341 e. The molecule has 4 aromatic rings. The number of anilines is 3. The molecule has 1 heterocycles. The normalized spacial score (nSPS) is 11.3. The van der Waals surface area contributed by atoms with Crippen LogP contribution >= 0.6 is 23.1 Å². The molecule has 0 saturated heterocycles. The van der Waals surface area contributed by atoms with Crippen LogP contribution in [0.5, 0.6) is 5.75 Å². The van der Waals surface area contributed by atoms with Crippen LogP contribution in [0.4, 0.5) is 16.4 Å². The minimum absolute atomic E-state index is 0.143. The van der Waals surface area contributed by atoms with Gasteiger partial charge >= 0.3 is 5.97 Å². The third-order valence-corrected chi connectivity index (χ3v) is 8.51. The summed E-state index contributed by atoms with van der Waals surface area (Å²) in [6.45, 7) is 5.22. The van der Waals surface area contributed by atoms with Gasteiger partial charge in [0.05, 0.1) is 29.4 Å². The molecule has 1 atom stereocenters. The maximum atomic E-state index is 13.3. The highest BCUT2D eigenvalue weighted by molar-refractivity contribution is 8.00.